The van der Waals surface area contributed by atoms with Crippen LogP contribution in [0.1, 0.15) is 83.1 Å². The van der Waals surface area contributed by atoms with Crippen molar-refractivity contribution in [3.63, 3.8) is 0 Å². The molecule has 3 aliphatic heterocycles. The molecule has 0 bridgehead atoms. The molecule has 0 aromatic rings. The number of likely N-dealkylation sites (N-methyl/N-ethyl adjacent to an activating group) is 1. The van der Waals surface area contributed by atoms with Gasteiger partial charge < -0.3 is 90.6 Å². The molecule has 0 aromatic heterocycles. The van der Waals surface area contributed by atoms with Crippen LogP contribution in [0.15, 0.2) is 0 Å². The van der Waals surface area contributed by atoms with Crippen LogP contribution >= 0.6 is 0 Å². The molecule has 31 nitrogen and oxygen atoms in total. The van der Waals surface area contributed by atoms with E-state index in [2.05, 4.69) is 5.32 Å². The lowest BCUT2D eigenvalue weighted by Crippen LogP contribution is -2.66. The molecule has 0 radical (unpaired) electrons. The molecule has 15 atom stereocenters. The fourth-order valence-corrected chi connectivity index (χ4v) is 8.04. The maximum atomic E-state index is 12.7. The Morgan fingerprint density at radius 3 is 0.679 bits per heavy atom. The minimum Gasteiger partial charge on any atom is -0.463 e. The van der Waals surface area contributed by atoms with Crippen molar-refractivity contribution >= 4 is 71.6 Å². The van der Waals surface area contributed by atoms with Gasteiger partial charge in [0.15, 0.2) is 73.8 Å². The van der Waals surface area contributed by atoms with Crippen LogP contribution in [0.3, 0.4) is 0 Å². The lowest BCUT2D eigenvalue weighted by atomic mass is 9.97. The smallest absolute Gasteiger partial charge is 0.303 e. The lowest BCUT2D eigenvalue weighted by Gasteiger charge is -2.47. The molecule has 3 fully saturated rings. The molecule has 0 saturated carbocycles. The molecule has 1 N–H and O–H groups in total. The van der Waals surface area contributed by atoms with E-state index < -0.39 is 209 Å². The molecule has 0 aliphatic carbocycles. The SMILES string of the molecule is CNC(COC1OC(COC(C)=O)C(OC(C)=O)C(OC(C)=O)C1OC(C)=O)(COC1OC(COC(C)=O)C(OC(C)=O)C(OC(C)=O)C1OC(C)=O)COC1OC(COC(C)=O)C(OC(C)=O)C(OC(C)=O)C1OC(C)=O. The molecule has 3 rings (SSSR count). The van der Waals surface area contributed by atoms with Crippen molar-refractivity contribution in [1.29, 1.82) is 0 Å². The summed E-state index contributed by atoms with van der Waals surface area (Å²) in [5.74, 6) is -11.1. The van der Waals surface area contributed by atoms with Crippen LogP contribution in [0.2, 0.25) is 0 Å². The summed E-state index contributed by atoms with van der Waals surface area (Å²) in [5, 5.41) is 2.95. The van der Waals surface area contributed by atoms with Gasteiger partial charge in [-0.1, -0.05) is 0 Å². The van der Waals surface area contributed by atoms with Crippen LogP contribution in [0.25, 0.3) is 0 Å². The number of carbonyl (C=O) groups excluding carboxylic acids is 12. The average Bonchev–Trinajstić information content (AvgIpc) is 3.31. The Labute approximate surface area is 446 Å². The minimum absolute atomic E-state index is 0.660. The van der Waals surface area contributed by atoms with E-state index in [4.69, 9.17) is 85.3 Å². The van der Waals surface area contributed by atoms with Gasteiger partial charge in [-0.3, -0.25) is 57.5 Å². The van der Waals surface area contributed by atoms with Crippen LogP contribution in [0.5, 0.6) is 0 Å². The summed E-state index contributed by atoms with van der Waals surface area (Å²) in [4.78, 5) is 150. The number of nitrogens with one attached hydrogen (secondary N) is 1. The van der Waals surface area contributed by atoms with Crippen molar-refractivity contribution in [3.05, 3.63) is 0 Å². The second-order valence-electron chi connectivity index (χ2n) is 17.7. The van der Waals surface area contributed by atoms with Crippen molar-refractivity contribution in [2.24, 2.45) is 0 Å². The third-order valence-electron chi connectivity index (χ3n) is 10.9. The van der Waals surface area contributed by atoms with Crippen molar-refractivity contribution in [2.75, 3.05) is 46.7 Å². The van der Waals surface area contributed by atoms with Crippen LogP contribution in [-0.4, -0.2) is 216 Å². The van der Waals surface area contributed by atoms with Gasteiger partial charge in [-0.05, 0) is 7.05 Å². The van der Waals surface area contributed by atoms with Crippen LogP contribution < -0.4 is 5.32 Å². The van der Waals surface area contributed by atoms with Crippen molar-refractivity contribution in [1.82, 2.24) is 5.32 Å². The molecule has 78 heavy (non-hydrogen) atoms. The summed E-state index contributed by atoms with van der Waals surface area (Å²) < 4.78 is 103. The summed E-state index contributed by atoms with van der Waals surface area (Å²) in [6, 6.07) is 0. The molecular formula is C47H67NO30. The number of hydrogen-bond donors (Lipinski definition) is 1. The van der Waals surface area contributed by atoms with Crippen LogP contribution in [0.4, 0.5) is 0 Å². The highest BCUT2D eigenvalue weighted by Crippen LogP contribution is 2.35. The van der Waals surface area contributed by atoms with E-state index in [-0.39, 0.29) is 0 Å². The van der Waals surface area contributed by atoms with Crippen LogP contribution in [-0.2, 0) is 143 Å². The first-order chi connectivity index (χ1) is 36.4. The Morgan fingerprint density at radius 1 is 0.308 bits per heavy atom. The third-order valence-corrected chi connectivity index (χ3v) is 10.9. The molecule has 0 amide bonds. The summed E-state index contributed by atoms with van der Waals surface area (Å²) in [7, 11) is 1.32. The van der Waals surface area contributed by atoms with Crippen molar-refractivity contribution in [3.8, 4) is 0 Å². The summed E-state index contributed by atoms with van der Waals surface area (Å²) in [6.07, 6.45) is -25.5. The number of rotatable bonds is 25. The maximum Gasteiger partial charge on any atom is 0.303 e. The largest absolute Gasteiger partial charge is 0.463 e. The standard InChI is InChI=1S/C47H67NO30/c1-20(49)61-14-32-35(67-23(4)52)38(70-26(7)55)41(73-29(10)58)44(76-32)64-17-47(48-13,18-65-45-42(74-30(11)59)39(71-27(8)56)36(68-24(5)53)33(77-45)15-62-21(2)50)19-66-46-43(75-31(12)60)40(72-28(9)57)37(69-25(6)54)34(78-46)16-63-22(3)51/h32-46,48H,14-19H2,1-13H3. The van der Waals surface area contributed by atoms with Gasteiger partial charge in [-0.15, -0.1) is 0 Å². The first kappa shape index (κ1) is 65.6. The van der Waals surface area contributed by atoms with Gasteiger partial charge in [0.25, 0.3) is 0 Å². The predicted molar refractivity (Wildman–Crippen MR) is 246 cm³/mol. The molecule has 3 aliphatic rings. The molecule has 3 saturated heterocycles. The van der Waals surface area contributed by atoms with Gasteiger partial charge >= 0.3 is 71.6 Å². The average molecular weight is 1130 g/mol. The summed E-state index contributed by atoms with van der Waals surface area (Å²) in [5.41, 5.74) is -1.96. The number of hydrogen-bond acceptors (Lipinski definition) is 31. The van der Waals surface area contributed by atoms with E-state index in [1.165, 1.54) is 7.05 Å². The Kier molecular flexibility index (Phi) is 25.7. The second kappa shape index (κ2) is 30.5. The number of carbonyl (C=O) groups is 12. The summed E-state index contributed by atoms with van der Waals surface area (Å²) in [6.45, 7) is 7.74. The van der Waals surface area contributed by atoms with E-state index >= 15 is 0 Å². The minimum atomic E-state index is -1.96. The quantitative estimate of drug-likeness (QED) is 0.0782. The zero-order valence-corrected chi connectivity index (χ0v) is 45.2. The zero-order chi connectivity index (χ0) is 58.8. The zero-order valence-electron chi connectivity index (χ0n) is 45.2. The van der Waals surface area contributed by atoms with Gasteiger partial charge in [0.2, 0.25) is 0 Å². The molecule has 15 unspecified atom stereocenters. The third kappa shape index (κ3) is 20.6. The second-order valence-corrected chi connectivity index (χ2v) is 17.7. The molecule has 440 valence electrons. The van der Waals surface area contributed by atoms with E-state index in [0.29, 0.717) is 0 Å². The Hall–Kier alpha value is -6.64. The van der Waals surface area contributed by atoms with Gasteiger partial charge in [0.1, 0.15) is 38.1 Å². The monoisotopic (exact) mass is 1130 g/mol. The molecule has 31 heteroatoms. The molecule has 3 heterocycles. The van der Waals surface area contributed by atoms with Crippen molar-refractivity contribution in [2.45, 2.75) is 181 Å². The van der Waals surface area contributed by atoms with Gasteiger partial charge in [0.05, 0.1) is 25.4 Å². The molecule has 0 spiro atoms. The van der Waals surface area contributed by atoms with Gasteiger partial charge in [0, 0.05) is 83.1 Å². The molecular weight excluding hydrogens is 1060 g/mol. The highest BCUT2D eigenvalue weighted by molar-refractivity contribution is 5.71. The van der Waals surface area contributed by atoms with E-state index in [9.17, 15) is 57.5 Å². The Balaban J connectivity index is 2.32. The van der Waals surface area contributed by atoms with E-state index in [0.717, 1.165) is 83.1 Å². The first-order valence-corrected chi connectivity index (χ1v) is 23.9. The molecule has 0 aromatic carbocycles. The Bertz CT molecular complexity index is 1930. The highest BCUT2D eigenvalue weighted by Gasteiger charge is 2.57. The maximum absolute atomic E-state index is 12.7. The predicted octanol–water partition coefficient (Wildman–Crippen LogP) is -1.76. The van der Waals surface area contributed by atoms with Gasteiger partial charge in [-0.2, -0.15) is 0 Å². The summed E-state index contributed by atoms with van der Waals surface area (Å²) >= 11 is 0. The van der Waals surface area contributed by atoms with E-state index in [1.54, 1.807) is 0 Å². The number of ether oxygens (including phenoxy) is 18. The fraction of sp³-hybridized carbons (Fsp3) is 0.745. The van der Waals surface area contributed by atoms with Crippen molar-refractivity contribution < 1.29 is 143 Å². The first-order valence-electron chi connectivity index (χ1n) is 23.9. The highest BCUT2D eigenvalue weighted by atomic mass is 16.8. The topological polar surface area (TPSA) is 383 Å². The normalized spacial score (nSPS) is 29.3. The fourth-order valence-electron chi connectivity index (χ4n) is 8.04. The van der Waals surface area contributed by atoms with E-state index in [1.807, 2.05) is 0 Å². The number of esters is 12. The lowest BCUT2D eigenvalue weighted by molar-refractivity contribution is -0.328. The van der Waals surface area contributed by atoms with Crippen LogP contribution in [0, 0.1) is 0 Å². The Morgan fingerprint density at radius 2 is 0.500 bits per heavy atom. The van der Waals surface area contributed by atoms with Gasteiger partial charge in [-0.25, -0.2) is 0 Å².